The molecule has 1 N–H and O–H groups in total. The number of hydrogen-bond acceptors (Lipinski definition) is 5. The summed E-state index contributed by atoms with van der Waals surface area (Å²) in [7, 11) is 0. The first-order valence-electron chi connectivity index (χ1n) is 4.00. The van der Waals surface area contributed by atoms with Gasteiger partial charge in [0.25, 0.3) is 5.78 Å². The van der Waals surface area contributed by atoms with Crippen LogP contribution < -0.4 is 0 Å². The zero-order valence-corrected chi connectivity index (χ0v) is 7.47. The van der Waals surface area contributed by atoms with Gasteiger partial charge in [0.1, 0.15) is 0 Å². The number of rotatable bonds is 1. The third-order valence-corrected chi connectivity index (χ3v) is 1.70. The van der Waals surface area contributed by atoms with Gasteiger partial charge >= 0.3 is 0 Å². The molecule has 0 saturated carbocycles. The molecule has 0 aliphatic rings. The van der Waals surface area contributed by atoms with Crippen LogP contribution in [0.5, 0.6) is 5.88 Å². The van der Waals surface area contributed by atoms with Gasteiger partial charge in [-0.15, -0.1) is 5.10 Å². The molecule has 2 rings (SSSR count). The van der Waals surface area contributed by atoms with Gasteiger partial charge in [0.15, 0.2) is 5.82 Å². The van der Waals surface area contributed by atoms with Gasteiger partial charge in [0, 0.05) is 11.8 Å². The maximum absolute atomic E-state index is 9.47. The summed E-state index contributed by atoms with van der Waals surface area (Å²) in [5.41, 5.74) is 0.658. The van der Waals surface area contributed by atoms with Crippen molar-refractivity contribution in [1.82, 2.24) is 19.6 Å². The van der Waals surface area contributed by atoms with Crippen LogP contribution in [0.2, 0.25) is 0 Å². The van der Waals surface area contributed by atoms with Gasteiger partial charge < -0.3 is 5.11 Å². The number of hydrogen-bond donors (Lipinski definition) is 1. The van der Waals surface area contributed by atoms with E-state index in [0.717, 1.165) is 0 Å². The number of aromatic hydroxyl groups is 1. The third kappa shape index (κ3) is 1.25. The maximum Gasteiger partial charge on any atom is 0.255 e. The standard InChI is InChI=1S/C8H7N5O/c1-5-4-7(14)13-8(10-5)11-6(12-13)2-3-9/h4,14H,2H2,1H3. The molecule has 0 saturated heterocycles. The van der Waals surface area contributed by atoms with Crippen molar-refractivity contribution in [3.63, 3.8) is 0 Å². The fourth-order valence-corrected chi connectivity index (χ4v) is 1.15. The zero-order chi connectivity index (χ0) is 10.1. The van der Waals surface area contributed by atoms with Crippen molar-refractivity contribution < 1.29 is 5.11 Å². The first kappa shape index (κ1) is 8.44. The highest BCUT2D eigenvalue weighted by Crippen LogP contribution is 2.11. The van der Waals surface area contributed by atoms with Crippen molar-refractivity contribution in [3.05, 3.63) is 17.6 Å². The van der Waals surface area contributed by atoms with E-state index >= 15 is 0 Å². The monoisotopic (exact) mass is 189 g/mol. The number of fused-ring (bicyclic) bond motifs is 1. The lowest BCUT2D eigenvalue weighted by Gasteiger charge is -1.95. The van der Waals surface area contributed by atoms with E-state index in [9.17, 15) is 5.11 Å². The van der Waals surface area contributed by atoms with E-state index in [1.807, 2.05) is 6.07 Å². The van der Waals surface area contributed by atoms with Crippen molar-refractivity contribution in [3.8, 4) is 11.9 Å². The predicted molar refractivity (Wildman–Crippen MR) is 46.5 cm³/mol. The first-order chi connectivity index (χ1) is 6.70. The van der Waals surface area contributed by atoms with Crippen LogP contribution in [-0.2, 0) is 6.42 Å². The molecule has 0 atom stereocenters. The highest BCUT2D eigenvalue weighted by Gasteiger charge is 2.07. The fraction of sp³-hybridized carbons (Fsp3) is 0.250. The van der Waals surface area contributed by atoms with E-state index in [2.05, 4.69) is 15.1 Å². The molecule has 2 heterocycles. The molecule has 0 spiro atoms. The summed E-state index contributed by atoms with van der Waals surface area (Å²) >= 11 is 0. The largest absolute Gasteiger partial charge is 0.493 e. The second-order valence-corrected chi connectivity index (χ2v) is 2.83. The quantitative estimate of drug-likeness (QED) is 0.692. The molecular formula is C8H7N5O. The number of nitriles is 1. The van der Waals surface area contributed by atoms with Crippen LogP contribution in [0.25, 0.3) is 5.78 Å². The minimum absolute atomic E-state index is 0.0239. The Morgan fingerprint density at radius 2 is 2.36 bits per heavy atom. The summed E-state index contributed by atoms with van der Waals surface area (Å²) in [5, 5.41) is 21.8. The summed E-state index contributed by atoms with van der Waals surface area (Å²) < 4.78 is 1.21. The average Bonchev–Trinajstić information content (AvgIpc) is 2.48. The summed E-state index contributed by atoms with van der Waals surface area (Å²) in [6.45, 7) is 1.75. The predicted octanol–water partition coefficient (Wildman–Crippen LogP) is 0.204. The van der Waals surface area contributed by atoms with Crippen molar-refractivity contribution in [2.75, 3.05) is 0 Å². The van der Waals surface area contributed by atoms with Crippen LogP contribution in [0.15, 0.2) is 6.07 Å². The molecule has 6 heteroatoms. The molecule has 70 valence electrons. The van der Waals surface area contributed by atoms with E-state index in [-0.39, 0.29) is 12.3 Å². The van der Waals surface area contributed by atoms with E-state index in [1.165, 1.54) is 10.6 Å². The van der Waals surface area contributed by atoms with Crippen LogP contribution in [-0.4, -0.2) is 24.7 Å². The van der Waals surface area contributed by atoms with E-state index in [1.54, 1.807) is 6.92 Å². The minimum atomic E-state index is -0.0239. The topological polar surface area (TPSA) is 87.1 Å². The maximum atomic E-state index is 9.47. The van der Waals surface area contributed by atoms with Gasteiger partial charge in [0.05, 0.1) is 12.5 Å². The van der Waals surface area contributed by atoms with Gasteiger partial charge in [-0.2, -0.15) is 14.8 Å². The number of aromatic nitrogens is 4. The fourth-order valence-electron chi connectivity index (χ4n) is 1.15. The SMILES string of the molecule is Cc1cc(O)n2nc(CC#N)nc2n1. The summed E-state index contributed by atoms with van der Waals surface area (Å²) in [4.78, 5) is 8.04. The second kappa shape index (κ2) is 2.96. The zero-order valence-electron chi connectivity index (χ0n) is 7.47. The Morgan fingerprint density at radius 1 is 1.57 bits per heavy atom. The van der Waals surface area contributed by atoms with E-state index in [0.29, 0.717) is 17.3 Å². The molecule has 0 aromatic carbocycles. The minimum Gasteiger partial charge on any atom is -0.493 e. The van der Waals surface area contributed by atoms with Crippen LogP contribution >= 0.6 is 0 Å². The van der Waals surface area contributed by atoms with Crippen molar-refractivity contribution >= 4 is 5.78 Å². The molecule has 2 aromatic rings. The lowest BCUT2D eigenvalue weighted by atomic mass is 10.4. The van der Waals surface area contributed by atoms with Gasteiger partial charge in [-0.25, -0.2) is 4.98 Å². The van der Waals surface area contributed by atoms with E-state index < -0.39 is 0 Å². The molecular weight excluding hydrogens is 182 g/mol. The molecule has 0 fully saturated rings. The molecule has 0 bridgehead atoms. The highest BCUT2D eigenvalue weighted by molar-refractivity contribution is 5.33. The number of aryl methyl sites for hydroxylation is 1. The lowest BCUT2D eigenvalue weighted by molar-refractivity contribution is 0.434. The Bertz CT molecular complexity index is 524. The van der Waals surface area contributed by atoms with Gasteiger partial charge in [-0.05, 0) is 6.92 Å². The molecule has 0 unspecified atom stereocenters. The average molecular weight is 189 g/mol. The molecule has 0 aliphatic heterocycles. The number of nitrogens with zero attached hydrogens (tertiary/aromatic N) is 5. The Kier molecular flexibility index (Phi) is 1.78. The van der Waals surface area contributed by atoms with Crippen LogP contribution in [0, 0.1) is 18.3 Å². The van der Waals surface area contributed by atoms with Crippen LogP contribution in [0.3, 0.4) is 0 Å². The molecule has 0 radical (unpaired) electrons. The van der Waals surface area contributed by atoms with Crippen molar-refractivity contribution in [2.24, 2.45) is 0 Å². The summed E-state index contributed by atoms with van der Waals surface area (Å²) in [6, 6.07) is 3.42. The van der Waals surface area contributed by atoms with Crippen LogP contribution in [0.4, 0.5) is 0 Å². The highest BCUT2D eigenvalue weighted by atomic mass is 16.3. The molecule has 14 heavy (non-hydrogen) atoms. The van der Waals surface area contributed by atoms with Crippen molar-refractivity contribution in [2.45, 2.75) is 13.3 Å². The molecule has 0 aliphatic carbocycles. The van der Waals surface area contributed by atoms with Crippen molar-refractivity contribution in [1.29, 1.82) is 5.26 Å². The summed E-state index contributed by atoms with van der Waals surface area (Å²) in [5.74, 6) is 0.651. The normalized spacial score (nSPS) is 10.3. The smallest absolute Gasteiger partial charge is 0.255 e. The Labute approximate surface area is 79.5 Å². The molecule has 2 aromatic heterocycles. The lowest BCUT2D eigenvalue weighted by Crippen LogP contribution is -1.93. The molecule has 0 amide bonds. The van der Waals surface area contributed by atoms with Gasteiger partial charge in [-0.1, -0.05) is 0 Å². The molecule has 6 nitrogen and oxygen atoms in total. The summed E-state index contributed by atoms with van der Waals surface area (Å²) in [6.07, 6.45) is 0.113. The first-order valence-corrected chi connectivity index (χ1v) is 4.00. The Balaban J connectivity index is 2.66. The second-order valence-electron chi connectivity index (χ2n) is 2.83. The Morgan fingerprint density at radius 3 is 3.07 bits per heavy atom. The Hall–Kier alpha value is -2.16. The van der Waals surface area contributed by atoms with Crippen LogP contribution in [0.1, 0.15) is 11.5 Å². The third-order valence-electron chi connectivity index (χ3n) is 1.70. The van der Waals surface area contributed by atoms with E-state index in [4.69, 9.17) is 5.26 Å². The van der Waals surface area contributed by atoms with Gasteiger partial charge in [0.2, 0.25) is 5.88 Å². The van der Waals surface area contributed by atoms with Gasteiger partial charge in [-0.3, -0.25) is 0 Å².